The average molecular weight is 444 g/mol. The minimum Gasteiger partial charge on any atom is -0.385 e. The molecule has 0 saturated carbocycles. The minimum absolute atomic E-state index is 0.0137. The molecule has 0 unspecified atom stereocenters. The van der Waals surface area contributed by atoms with Crippen molar-refractivity contribution in [3.05, 3.63) is 29.3 Å². The molecule has 1 fully saturated rings. The summed E-state index contributed by atoms with van der Waals surface area (Å²) in [6.45, 7) is 7.77. The molecule has 32 heavy (non-hydrogen) atoms. The summed E-state index contributed by atoms with van der Waals surface area (Å²) in [5.74, 6) is -0.242. The van der Waals surface area contributed by atoms with E-state index >= 15 is 0 Å². The van der Waals surface area contributed by atoms with E-state index in [0.29, 0.717) is 58.0 Å². The van der Waals surface area contributed by atoms with Gasteiger partial charge in [0.1, 0.15) is 5.71 Å². The number of aryl methyl sites for hydroxylation is 2. The molecule has 2 aliphatic rings. The second kappa shape index (κ2) is 11.2. The van der Waals surface area contributed by atoms with E-state index in [1.807, 2.05) is 36.9 Å². The number of anilines is 1. The molecule has 9 nitrogen and oxygen atoms in total. The minimum atomic E-state index is -0.128. The zero-order valence-electron chi connectivity index (χ0n) is 19.2. The van der Waals surface area contributed by atoms with Crippen molar-refractivity contribution >= 4 is 29.1 Å². The van der Waals surface area contributed by atoms with E-state index in [1.165, 1.54) is 5.01 Å². The highest BCUT2D eigenvalue weighted by molar-refractivity contribution is 6.40. The molecule has 0 aliphatic carbocycles. The molecule has 0 spiro atoms. The number of methoxy groups -OCH3 is 1. The smallest absolute Gasteiger partial charge is 0.270 e. The van der Waals surface area contributed by atoms with Crippen LogP contribution in [0.4, 0.5) is 5.69 Å². The summed E-state index contributed by atoms with van der Waals surface area (Å²) in [5, 5.41) is 8.71. The summed E-state index contributed by atoms with van der Waals surface area (Å²) >= 11 is 0. The first-order valence-electron chi connectivity index (χ1n) is 11.1. The van der Waals surface area contributed by atoms with Gasteiger partial charge in [-0.05, 0) is 37.5 Å². The Morgan fingerprint density at radius 2 is 1.88 bits per heavy atom. The lowest BCUT2D eigenvalue weighted by atomic mass is 10.1. The van der Waals surface area contributed by atoms with Crippen molar-refractivity contribution in [3.8, 4) is 0 Å². The second-order valence-corrected chi connectivity index (χ2v) is 8.31. The van der Waals surface area contributed by atoms with Crippen LogP contribution in [0.3, 0.4) is 0 Å². The fourth-order valence-electron chi connectivity index (χ4n) is 3.84. The lowest BCUT2D eigenvalue weighted by molar-refractivity contribution is -0.126. The van der Waals surface area contributed by atoms with E-state index in [0.717, 1.165) is 23.2 Å². The highest BCUT2D eigenvalue weighted by Gasteiger charge is 2.30. The summed E-state index contributed by atoms with van der Waals surface area (Å²) in [4.78, 5) is 41.4. The van der Waals surface area contributed by atoms with E-state index in [4.69, 9.17) is 4.74 Å². The highest BCUT2D eigenvalue weighted by Crippen LogP contribution is 2.25. The van der Waals surface area contributed by atoms with Crippen LogP contribution in [-0.2, 0) is 19.1 Å². The van der Waals surface area contributed by atoms with Crippen molar-refractivity contribution in [2.75, 3.05) is 58.0 Å². The van der Waals surface area contributed by atoms with Crippen LogP contribution in [0.1, 0.15) is 30.4 Å². The van der Waals surface area contributed by atoms with Crippen molar-refractivity contribution in [1.82, 2.24) is 15.1 Å². The predicted molar refractivity (Wildman–Crippen MR) is 123 cm³/mol. The molecule has 2 heterocycles. The molecular weight excluding hydrogens is 410 g/mol. The number of benzene rings is 1. The Bertz CT molecular complexity index is 877. The quantitative estimate of drug-likeness (QED) is 0.607. The molecule has 9 heteroatoms. The summed E-state index contributed by atoms with van der Waals surface area (Å²) in [6, 6.07) is 5.86. The van der Waals surface area contributed by atoms with E-state index in [1.54, 1.807) is 12.0 Å². The van der Waals surface area contributed by atoms with Crippen LogP contribution in [-0.4, -0.2) is 86.2 Å². The van der Waals surface area contributed by atoms with E-state index < -0.39 is 0 Å². The first kappa shape index (κ1) is 23.9. The number of carbonyl (C=O) groups is 3. The SMILES string of the molecule is COCCCNC(=O)CN1CCN(C(=O)C2=NN(c3cc(C)ccc3C)C(=O)CC2)CC1. The van der Waals surface area contributed by atoms with Gasteiger partial charge in [0.15, 0.2) is 0 Å². The number of nitrogens with one attached hydrogen (secondary N) is 1. The Labute approximate surface area is 189 Å². The summed E-state index contributed by atoms with van der Waals surface area (Å²) in [5.41, 5.74) is 3.11. The molecule has 1 aromatic carbocycles. The molecule has 0 radical (unpaired) electrons. The number of hydrazone groups is 1. The van der Waals surface area contributed by atoms with Crippen LogP contribution in [0.25, 0.3) is 0 Å². The van der Waals surface area contributed by atoms with Crippen molar-refractivity contribution in [2.24, 2.45) is 5.10 Å². The van der Waals surface area contributed by atoms with Gasteiger partial charge in [0.2, 0.25) is 11.8 Å². The van der Waals surface area contributed by atoms with Gasteiger partial charge in [-0.15, -0.1) is 0 Å². The molecule has 2 aliphatic heterocycles. The van der Waals surface area contributed by atoms with Crippen molar-refractivity contribution in [3.63, 3.8) is 0 Å². The predicted octanol–water partition coefficient (Wildman–Crippen LogP) is 1.08. The van der Waals surface area contributed by atoms with E-state index in [2.05, 4.69) is 10.4 Å². The van der Waals surface area contributed by atoms with Crippen LogP contribution in [0.2, 0.25) is 0 Å². The molecule has 0 atom stereocenters. The lowest BCUT2D eigenvalue weighted by Gasteiger charge is -2.35. The highest BCUT2D eigenvalue weighted by atomic mass is 16.5. The largest absolute Gasteiger partial charge is 0.385 e. The van der Waals surface area contributed by atoms with Crippen molar-refractivity contribution in [2.45, 2.75) is 33.1 Å². The summed E-state index contributed by atoms with van der Waals surface area (Å²) < 4.78 is 4.98. The average Bonchev–Trinajstić information content (AvgIpc) is 2.79. The zero-order valence-corrected chi connectivity index (χ0v) is 19.2. The topological polar surface area (TPSA) is 94.6 Å². The van der Waals surface area contributed by atoms with Crippen LogP contribution in [0, 0.1) is 13.8 Å². The van der Waals surface area contributed by atoms with Gasteiger partial charge in [-0.2, -0.15) is 5.10 Å². The van der Waals surface area contributed by atoms with Crippen LogP contribution in [0.5, 0.6) is 0 Å². The second-order valence-electron chi connectivity index (χ2n) is 8.31. The third kappa shape index (κ3) is 6.14. The van der Waals surface area contributed by atoms with Crippen molar-refractivity contribution in [1.29, 1.82) is 0 Å². The number of nitrogens with zero attached hydrogens (tertiary/aromatic N) is 4. The Kier molecular flexibility index (Phi) is 8.35. The standard InChI is InChI=1S/C23H33N5O4/c1-17-5-6-18(2)20(15-17)28-22(30)8-7-19(25-28)23(31)27-12-10-26(11-13-27)16-21(29)24-9-4-14-32-3/h5-6,15H,4,7-14,16H2,1-3H3,(H,24,29). The Morgan fingerprint density at radius 1 is 1.12 bits per heavy atom. The Balaban J connectivity index is 1.56. The molecule has 0 aromatic heterocycles. The van der Waals surface area contributed by atoms with Crippen LogP contribution >= 0.6 is 0 Å². The summed E-state index contributed by atoms with van der Waals surface area (Å²) in [6.07, 6.45) is 1.40. The number of carbonyl (C=O) groups excluding carboxylic acids is 3. The number of hydrogen-bond donors (Lipinski definition) is 1. The van der Waals surface area contributed by atoms with E-state index in [9.17, 15) is 14.4 Å². The number of piperazine rings is 1. The maximum Gasteiger partial charge on any atom is 0.270 e. The lowest BCUT2D eigenvalue weighted by Crippen LogP contribution is -2.53. The third-order valence-electron chi connectivity index (χ3n) is 5.75. The maximum absolute atomic E-state index is 13.1. The van der Waals surface area contributed by atoms with E-state index in [-0.39, 0.29) is 24.1 Å². The number of ether oxygens (including phenoxy) is 1. The van der Waals surface area contributed by atoms with Gasteiger partial charge < -0.3 is 15.0 Å². The fourth-order valence-corrected chi connectivity index (χ4v) is 3.84. The molecular formula is C23H33N5O4. The molecule has 0 bridgehead atoms. The van der Waals surface area contributed by atoms with Gasteiger partial charge in [0.05, 0.1) is 12.2 Å². The number of hydrogen-bond acceptors (Lipinski definition) is 6. The van der Waals surface area contributed by atoms with Crippen LogP contribution in [0.15, 0.2) is 23.3 Å². The van der Waals surface area contributed by atoms with Crippen molar-refractivity contribution < 1.29 is 19.1 Å². The molecule has 3 amide bonds. The van der Waals surface area contributed by atoms with Gasteiger partial charge in [-0.25, -0.2) is 5.01 Å². The van der Waals surface area contributed by atoms with Gasteiger partial charge in [0, 0.05) is 59.3 Å². The molecule has 1 aromatic rings. The Hall–Kier alpha value is -2.78. The number of rotatable bonds is 8. The number of amides is 3. The maximum atomic E-state index is 13.1. The monoisotopic (exact) mass is 443 g/mol. The van der Waals surface area contributed by atoms with Gasteiger partial charge in [-0.1, -0.05) is 12.1 Å². The third-order valence-corrected chi connectivity index (χ3v) is 5.75. The Morgan fingerprint density at radius 3 is 2.59 bits per heavy atom. The van der Waals surface area contributed by atoms with Gasteiger partial charge in [-0.3, -0.25) is 19.3 Å². The zero-order chi connectivity index (χ0) is 23.1. The molecule has 3 rings (SSSR count). The molecule has 174 valence electrons. The fraction of sp³-hybridized carbons (Fsp3) is 0.565. The molecule has 1 N–H and O–H groups in total. The first-order valence-corrected chi connectivity index (χ1v) is 11.1. The van der Waals surface area contributed by atoms with Gasteiger partial charge in [0.25, 0.3) is 5.91 Å². The first-order chi connectivity index (χ1) is 15.4. The van der Waals surface area contributed by atoms with Gasteiger partial charge >= 0.3 is 0 Å². The summed E-state index contributed by atoms with van der Waals surface area (Å²) in [7, 11) is 1.64. The normalized spacial score (nSPS) is 17.3. The molecule has 1 saturated heterocycles. The van der Waals surface area contributed by atoms with Crippen LogP contribution < -0.4 is 10.3 Å².